The van der Waals surface area contributed by atoms with Crippen LogP contribution in [0.4, 0.5) is 13.2 Å². The number of nitrogens with zero attached hydrogens (tertiary/aromatic N) is 4. The summed E-state index contributed by atoms with van der Waals surface area (Å²) in [5.74, 6) is -0.466. The molecule has 0 N–H and O–H groups in total. The van der Waals surface area contributed by atoms with E-state index in [4.69, 9.17) is 0 Å². The van der Waals surface area contributed by atoms with Gasteiger partial charge in [-0.05, 0) is 29.5 Å². The van der Waals surface area contributed by atoms with Gasteiger partial charge in [0.2, 0.25) is 0 Å². The van der Waals surface area contributed by atoms with Crippen molar-refractivity contribution in [2.24, 2.45) is 7.05 Å². The van der Waals surface area contributed by atoms with E-state index in [1.807, 2.05) is 36.7 Å². The zero-order chi connectivity index (χ0) is 22.9. The molecule has 0 aliphatic carbocycles. The second-order valence-electron chi connectivity index (χ2n) is 7.40. The molecule has 2 aromatic carbocycles. The van der Waals surface area contributed by atoms with E-state index in [0.717, 1.165) is 10.7 Å². The number of carbonyl (C=O) groups excluding carboxylic acids is 1. The molecule has 0 saturated heterocycles. The summed E-state index contributed by atoms with van der Waals surface area (Å²) in [4.78, 5) is 16.6. The summed E-state index contributed by atoms with van der Waals surface area (Å²) in [5.41, 5.74) is 0.455. The van der Waals surface area contributed by atoms with Gasteiger partial charge in [0.15, 0.2) is 16.6 Å². The molecule has 0 spiro atoms. The number of thioether (sulfide) groups is 1. The third-order valence-electron chi connectivity index (χ3n) is 5.03. The van der Waals surface area contributed by atoms with Crippen molar-refractivity contribution in [2.45, 2.75) is 29.9 Å². The van der Waals surface area contributed by atoms with Gasteiger partial charge in [0.1, 0.15) is 12.0 Å². The van der Waals surface area contributed by atoms with Crippen molar-refractivity contribution >= 4 is 28.3 Å². The Morgan fingerprint density at radius 1 is 1.12 bits per heavy atom. The maximum atomic E-state index is 13.5. The highest BCUT2D eigenvalue weighted by atomic mass is 32.2. The molecular formula is C23H19F3N4OS. The first-order valence-electron chi connectivity index (χ1n) is 9.82. The Balaban J connectivity index is 1.59. The molecule has 0 saturated carbocycles. The second kappa shape index (κ2) is 8.74. The topological polar surface area (TPSA) is 60.7 Å². The van der Waals surface area contributed by atoms with Gasteiger partial charge in [0.05, 0.1) is 0 Å². The summed E-state index contributed by atoms with van der Waals surface area (Å²) < 4.78 is 42.4. The lowest BCUT2D eigenvalue weighted by atomic mass is 10.0. The fraction of sp³-hybridized carbons (Fsp3) is 0.217. The Hall–Kier alpha value is -3.20. The summed E-state index contributed by atoms with van der Waals surface area (Å²) in [6.45, 7) is 2.01. The number of hydrogen-bond donors (Lipinski definition) is 0. The van der Waals surface area contributed by atoms with Crippen LogP contribution in [0.5, 0.6) is 0 Å². The van der Waals surface area contributed by atoms with Crippen LogP contribution >= 0.6 is 11.8 Å². The molecule has 5 nitrogen and oxygen atoms in total. The molecule has 4 rings (SSSR count). The molecular weight excluding hydrogens is 437 g/mol. The number of fused-ring (bicyclic) bond motifs is 1. The quantitative estimate of drug-likeness (QED) is 0.277. The molecule has 0 amide bonds. The van der Waals surface area contributed by atoms with E-state index in [0.29, 0.717) is 10.9 Å². The molecule has 4 aromatic rings. The third-order valence-corrected chi connectivity index (χ3v) is 6.24. The lowest BCUT2D eigenvalue weighted by Gasteiger charge is -2.13. The first-order valence-corrected chi connectivity index (χ1v) is 10.7. The van der Waals surface area contributed by atoms with E-state index in [2.05, 4.69) is 15.2 Å². The largest absolute Gasteiger partial charge is 0.433 e. The van der Waals surface area contributed by atoms with Crippen molar-refractivity contribution in [3.63, 3.8) is 0 Å². The summed E-state index contributed by atoms with van der Waals surface area (Å²) in [6.07, 6.45) is -3.07. The predicted molar refractivity (Wildman–Crippen MR) is 116 cm³/mol. The smallest absolute Gasteiger partial charge is 0.312 e. The minimum absolute atomic E-state index is 0.0202. The fourth-order valence-electron chi connectivity index (χ4n) is 3.40. The van der Waals surface area contributed by atoms with Crippen LogP contribution in [0.15, 0.2) is 66.1 Å². The Kier molecular flexibility index (Phi) is 6.01. The zero-order valence-corrected chi connectivity index (χ0v) is 18.1. The average Bonchev–Trinajstić information content (AvgIpc) is 3.16. The van der Waals surface area contributed by atoms with E-state index in [1.165, 1.54) is 30.0 Å². The number of ketones is 1. The van der Waals surface area contributed by atoms with Crippen LogP contribution in [0.3, 0.4) is 0 Å². The molecule has 32 heavy (non-hydrogen) atoms. The molecule has 0 bridgehead atoms. The highest BCUT2D eigenvalue weighted by molar-refractivity contribution is 7.99. The predicted octanol–water partition coefficient (Wildman–Crippen LogP) is 5.66. The summed E-state index contributed by atoms with van der Waals surface area (Å²) in [6, 6.07) is 14.9. The van der Waals surface area contributed by atoms with Crippen molar-refractivity contribution < 1.29 is 18.0 Å². The van der Waals surface area contributed by atoms with Crippen LogP contribution in [0.1, 0.15) is 39.5 Å². The molecule has 0 unspecified atom stereocenters. The highest BCUT2D eigenvalue weighted by Gasteiger charge is 2.35. The van der Waals surface area contributed by atoms with Crippen LogP contribution in [0.25, 0.3) is 10.8 Å². The van der Waals surface area contributed by atoms with Crippen LogP contribution in [0.2, 0.25) is 0 Å². The maximum absolute atomic E-state index is 13.5. The Morgan fingerprint density at radius 3 is 2.62 bits per heavy atom. The van der Waals surface area contributed by atoms with Gasteiger partial charge in [0.25, 0.3) is 0 Å². The number of aryl methyl sites for hydroxylation is 1. The highest BCUT2D eigenvalue weighted by Crippen LogP contribution is 2.35. The SMILES string of the molecule is C[C@H](Sc1nncn1C)c1cccc(CC(=O)c2cc3ccccc3c(C(F)(F)F)n2)c1. The van der Waals surface area contributed by atoms with E-state index in [-0.39, 0.29) is 22.8 Å². The average molecular weight is 456 g/mol. The molecule has 2 aromatic heterocycles. The second-order valence-corrected chi connectivity index (χ2v) is 8.71. The number of aromatic nitrogens is 4. The van der Waals surface area contributed by atoms with E-state index in [9.17, 15) is 18.0 Å². The van der Waals surface area contributed by atoms with Crippen molar-refractivity contribution in [1.29, 1.82) is 0 Å². The molecule has 0 fully saturated rings. The van der Waals surface area contributed by atoms with Crippen molar-refractivity contribution in [1.82, 2.24) is 19.7 Å². The van der Waals surface area contributed by atoms with Gasteiger partial charge in [-0.2, -0.15) is 13.2 Å². The first-order chi connectivity index (χ1) is 15.2. The Bertz CT molecular complexity index is 1290. The van der Waals surface area contributed by atoms with Crippen molar-refractivity contribution in [2.75, 3.05) is 0 Å². The van der Waals surface area contributed by atoms with Gasteiger partial charge >= 0.3 is 6.18 Å². The minimum atomic E-state index is -4.65. The number of rotatable bonds is 6. The van der Waals surface area contributed by atoms with Gasteiger partial charge in [-0.15, -0.1) is 10.2 Å². The van der Waals surface area contributed by atoms with Crippen molar-refractivity contribution in [3.8, 4) is 0 Å². The summed E-state index contributed by atoms with van der Waals surface area (Å²) >= 11 is 1.53. The molecule has 2 heterocycles. The van der Waals surface area contributed by atoms with Crippen LogP contribution in [-0.2, 0) is 19.6 Å². The van der Waals surface area contributed by atoms with Crippen LogP contribution in [-0.4, -0.2) is 25.5 Å². The van der Waals surface area contributed by atoms with Gasteiger partial charge in [-0.25, -0.2) is 4.98 Å². The first kappa shape index (κ1) is 22.0. The molecule has 9 heteroatoms. The molecule has 0 aliphatic heterocycles. The Labute approximate surface area is 186 Å². The van der Waals surface area contributed by atoms with Gasteiger partial charge in [-0.3, -0.25) is 4.79 Å². The number of carbonyl (C=O) groups is 1. The van der Waals surface area contributed by atoms with E-state index >= 15 is 0 Å². The minimum Gasteiger partial charge on any atom is -0.312 e. The third kappa shape index (κ3) is 4.67. The summed E-state index contributed by atoms with van der Waals surface area (Å²) in [5, 5.41) is 9.05. The molecule has 0 aliphatic rings. The van der Waals surface area contributed by atoms with Crippen LogP contribution in [0, 0.1) is 0 Å². The van der Waals surface area contributed by atoms with E-state index in [1.54, 1.807) is 24.5 Å². The number of pyridine rings is 1. The van der Waals surface area contributed by atoms with Gasteiger partial charge in [0, 0.05) is 24.1 Å². The number of Topliss-reactive ketones (excluding diaryl/α,β-unsaturated/α-hetero) is 1. The lowest BCUT2D eigenvalue weighted by Crippen LogP contribution is -2.14. The number of hydrogen-bond acceptors (Lipinski definition) is 5. The number of halogens is 3. The monoisotopic (exact) mass is 456 g/mol. The Morgan fingerprint density at radius 2 is 1.91 bits per heavy atom. The van der Waals surface area contributed by atoms with E-state index < -0.39 is 17.7 Å². The zero-order valence-electron chi connectivity index (χ0n) is 17.3. The fourth-order valence-corrected chi connectivity index (χ4v) is 4.30. The normalized spacial score (nSPS) is 12.8. The summed E-state index contributed by atoms with van der Waals surface area (Å²) in [7, 11) is 1.86. The number of benzene rings is 2. The van der Waals surface area contributed by atoms with Crippen LogP contribution < -0.4 is 0 Å². The molecule has 164 valence electrons. The molecule has 1 atom stereocenters. The standard InChI is InChI=1S/C23H19F3N4OS/c1-14(32-22-29-27-13-30(22)2)16-8-5-6-15(10-16)11-20(31)19-12-17-7-3-4-9-18(17)21(28-19)23(24,25)26/h3-10,12-14H,11H2,1-2H3/t14-/m0/s1. The van der Waals surface area contributed by atoms with Crippen molar-refractivity contribution in [3.05, 3.63) is 83.4 Å². The van der Waals surface area contributed by atoms with Gasteiger partial charge < -0.3 is 4.57 Å². The number of alkyl halides is 3. The van der Waals surface area contributed by atoms with Gasteiger partial charge in [-0.1, -0.05) is 60.3 Å². The lowest BCUT2D eigenvalue weighted by molar-refractivity contribution is -0.139. The maximum Gasteiger partial charge on any atom is 0.433 e. The molecule has 0 radical (unpaired) electrons.